The third-order valence-electron chi connectivity index (χ3n) is 5.33. The zero-order valence-electron chi connectivity index (χ0n) is 14.6. The summed E-state index contributed by atoms with van der Waals surface area (Å²) in [7, 11) is 1.35. The molecule has 2 saturated heterocycles. The summed E-state index contributed by atoms with van der Waals surface area (Å²) in [5.41, 5.74) is -1.03. The first kappa shape index (κ1) is 18.4. The molecule has 0 bridgehead atoms. The first-order valence-corrected chi connectivity index (χ1v) is 10.6. The summed E-state index contributed by atoms with van der Waals surface area (Å²) in [6.45, 7) is 2.13. The number of likely N-dealkylation sites (tertiary alicyclic amines) is 1. The van der Waals surface area contributed by atoms with Crippen LogP contribution < -0.4 is 5.32 Å². The summed E-state index contributed by atoms with van der Waals surface area (Å²) in [6, 6.07) is 3.68. The van der Waals surface area contributed by atoms with E-state index in [4.69, 9.17) is 4.74 Å². The van der Waals surface area contributed by atoms with E-state index in [1.165, 1.54) is 12.0 Å². The van der Waals surface area contributed by atoms with Crippen LogP contribution in [-0.2, 0) is 19.1 Å². The molecule has 2 fully saturated rings. The highest BCUT2D eigenvalue weighted by atomic mass is 32.2. The standard InChI is InChI=1S/C17H22N2O4S2/c1-4-19-14(20)11-12(15(19)21)17(7-9-24-3,16(22)23-2)18-13(11)10-6-5-8-25-10/h5-6,8,11-13,18H,4,7,9H2,1-3H3/p+1/t11-,12-,13+,17+/m0/s1. The Morgan fingerprint density at radius 3 is 2.76 bits per heavy atom. The molecular weight excluding hydrogens is 360 g/mol. The molecule has 25 heavy (non-hydrogen) atoms. The molecule has 3 heterocycles. The van der Waals surface area contributed by atoms with Crippen LogP contribution in [0.25, 0.3) is 0 Å². The number of carbonyl (C=O) groups excluding carboxylic acids is 3. The molecule has 1 aromatic rings. The van der Waals surface area contributed by atoms with Gasteiger partial charge in [0, 0.05) is 13.0 Å². The summed E-state index contributed by atoms with van der Waals surface area (Å²) in [5, 5.41) is 3.88. The Bertz CT molecular complexity index is 678. The van der Waals surface area contributed by atoms with Crippen LogP contribution in [0.4, 0.5) is 0 Å². The fourth-order valence-electron chi connectivity index (χ4n) is 4.23. The highest BCUT2D eigenvalue weighted by Crippen LogP contribution is 2.46. The van der Waals surface area contributed by atoms with Gasteiger partial charge in [0.05, 0.1) is 12.0 Å². The van der Waals surface area contributed by atoms with E-state index in [0.717, 1.165) is 10.6 Å². The van der Waals surface area contributed by atoms with Crippen LogP contribution in [0.3, 0.4) is 0 Å². The van der Waals surface area contributed by atoms with E-state index in [9.17, 15) is 14.4 Å². The summed E-state index contributed by atoms with van der Waals surface area (Å²) >= 11 is 3.18. The van der Waals surface area contributed by atoms with Gasteiger partial charge >= 0.3 is 5.97 Å². The van der Waals surface area contributed by atoms with Gasteiger partial charge in [-0.15, -0.1) is 11.3 Å². The maximum atomic E-state index is 13.0. The third kappa shape index (κ3) is 2.71. The average Bonchev–Trinajstić information content (AvgIpc) is 3.30. The predicted molar refractivity (Wildman–Crippen MR) is 96.1 cm³/mol. The summed E-state index contributed by atoms with van der Waals surface area (Å²) in [4.78, 5) is 41.1. The number of hydrogen-bond acceptors (Lipinski definition) is 6. The molecule has 2 N–H and O–H groups in total. The van der Waals surface area contributed by atoms with Gasteiger partial charge in [-0.25, -0.2) is 4.79 Å². The number of quaternary nitrogens is 1. The van der Waals surface area contributed by atoms with Crippen LogP contribution in [0.1, 0.15) is 24.3 Å². The van der Waals surface area contributed by atoms with Crippen molar-refractivity contribution < 1.29 is 24.4 Å². The van der Waals surface area contributed by atoms with Crippen LogP contribution in [0.15, 0.2) is 17.5 Å². The van der Waals surface area contributed by atoms with Crippen molar-refractivity contribution in [2.24, 2.45) is 11.8 Å². The molecular formula is C17H23N2O4S2+. The van der Waals surface area contributed by atoms with Crippen molar-refractivity contribution in [3.63, 3.8) is 0 Å². The number of amides is 2. The Labute approximate surface area is 155 Å². The summed E-state index contributed by atoms with van der Waals surface area (Å²) in [5.74, 6) is -1.26. The minimum absolute atomic E-state index is 0.165. The highest BCUT2D eigenvalue weighted by Gasteiger charge is 2.72. The molecule has 4 atom stereocenters. The molecule has 8 heteroatoms. The lowest BCUT2D eigenvalue weighted by molar-refractivity contribution is -0.734. The van der Waals surface area contributed by atoms with Gasteiger partial charge in [-0.3, -0.25) is 14.5 Å². The number of methoxy groups -OCH3 is 1. The van der Waals surface area contributed by atoms with Crippen LogP contribution in [0, 0.1) is 11.8 Å². The summed E-state index contributed by atoms with van der Waals surface area (Å²) in [6.07, 6.45) is 2.47. The molecule has 3 rings (SSSR count). The fourth-order valence-corrected chi connectivity index (χ4v) is 5.62. The number of thiophene rings is 1. The zero-order chi connectivity index (χ0) is 18.2. The van der Waals surface area contributed by atoms with Gasteiger partial charge in [-0.2, -0.15) is 11.8 Å². The SMILES string of the molecule is CCN1C(=O)[C@@H]2[C@@H](c3cccs3)[NH2+][C@@](CCSC)(C(=O)OC)[C@@H]2C1=O. The highest BCUT2D eigenvalue weighted by molar-refractivity contribution is 7.98. The fraction of sp³-hybridized carbons (Fsp3) is 0.588. The second-order valence-electron chi connectivity index (χ2n) is 6.41. The maximum Gasteiger partial charge on any atom is 0.368 e. The third-order valence-corrected chi connectivity index (χ3v) is 6.92. The lowest BCUT2D eigenvalue weighted by atomic mass is 9.78. The quantitative estimate of drug-likeness (QED) is 0.576. The average molecular weight is 384 g/mol. The Morgan fingerprint density at radius 1 is 1.44 bits per heavy atom. The number of hydrogen-bond donors (Lipinski definition) is 1. The van der Waals surface area contributed by atoms with Crippen molar-refractivity contribution in [3.8, 4) is 0 Å². The number of thioether (sulfide) groups is 1. The van der Waals surface area contributed by atoms with Gasteiger partial charge < -0.3 is 10.1 Å². The largest absolute Gasteiger partial charge is 0.464 e. The molecule has 0 aliphatic carbocycles. The number of nitrogens with two attached hydrogens (primary N) is 1. The molecule has 2 aliphatic rings. The van der Waals surface area contributed by atoms with E-state index >= 15 is 0 Å². The Kier molecular flexibility index (Phi) is 5.22. The van der Waals surface area contributed by atoms with Crippen LogP contribution in [-0.4, -0.2) is 53.9 Å². The molecule has 0 aromatic carbocycles. The zero-order valence-corrected chi connectivity index (χ0v) is 16.2. The topological polar surface area (TPSA) is 80.3 Å². The first-order valence-electron chi connectivity index (χ1n) is 8.33. The lowest BCUT2D eigenvalue weighted by Gasteiger charge is -2.28. The van der Waals surface area contributed by atoms with Crippen LogP contribution >= 0.6 is 23.1 Å². The van der Waals surface area contributed by atoms with Crippen LogP contribution in [0.5, 0.6) is 0 Å². The second-order valence-corrected chi connectivity index (χ2v) is 8.37. The minimum atomic E-state index is -1.03. The molecule has 136 valence electrons. The molecule has 0 spiro atoms. The van der Waals surface area contributed by atoms with Crippen molar-refractivity contribution in [2.45, 2.75) is 24.9 Å². The predicted octanol–water partition coefficient (Wildman–Crippen LogP) is 0.652. The van der Waals surface area contributed by atoms with Gasteiger partial charge in [0.2, 0.25) is 17.4 Å². The number of esters is 1. The van der Waals surface area contributed by atoms with E-state index in [1.54, 1.807) is 30.0 Å². The number of nitrogens with zero attached hydrogens (tertiary/aromatic N) is 1. The Hall–Kier alpha value is -1.38. The van der Waals surface area contributed by atoms with Crippen molar-refractivity contribution in [3.05, 3.63) is 22.4 Å². The van der Waals surface area contributed by atoms with E-state index in [0.29, 0.717) is 13.0 Å². The van der Waals surface area contributed by atoms with Gasteiger partial charge in [-0.05, 0) is 30.4 Å². The number of fused-ring (bicyclic) bond motifs is 1. The molecule has 6 nitrogen and oxygen atoms in total. The molecule has 2 aliphatic heterocycles. The van der Waals surface area contributed by atoms with Crippen molar-refractivity contribution >= 4 is 40.9 Å². The van der Waals surface area contributed by atoms with E-state index in [-0.39, 0.29) is 17.9 Å². The van der Waals surface area contributed by atoms with Gasteiger partial charge in [-0.1, -0.05) is 6.07 Å². The molecule has 2 amide bonds. The Balaban J connectivity index is 2.11. The van der Waals surface area contributed by atoms with E-state index in [1.807, 2.05) is 29.1 Å². The smallest absolute Gasteiger partial charge is 0.368 e. The number of carbonyl (C=O) groups is 3. The van der Waals surface area contributed by atoms with Gasteiger partial charge in [0.15, 0.2) is 0 Å². The van der Waals surface area contributed by atoms with Crippen molar-refractivity contribution in [2.75, 3.05) is 25.7 Å². The lowest BCUT2D eigenvalue weighted by Crippen LogP contribution is -2.98. The molecule has 0 unspecified atom stereocenters. The monoisotopic (exact) mass is 383 g/mol. The number of rotatable bonds is 6. The first-order chi connectivity index (χ1) is 12.0. The molecule has 0 radical (unpaired) electrons. The number of imide groups is 1. The number of ether oxygens (including phenoxy) is 1. The van der Waals surface area contributed by atoms with Crippen molar-refractivity contribution in [1.29, 1.82) is 0 Å². The van der Waals surface area contributed by atoms with E-state index < -0.39 is 23.3 Å². The second kappa shape index (κ2) is 7.09. The summed E-state index contributed by atoms with van der Waals surface area (Å²) < 4.78 is 5.10. The van der Waals surface area contributed by atoms with Gasteiger partial charge in [0.1, 0.15) is 17.9 Å². The maximum absolute atomic E-state index is 13.0. The minimum Gasteiger partial charge on any atom is -0.464 e. The van der Waals surface area contributed by atoms with Gasteiger partial charge in [0.25, 0.3) is 0 Å². The van der Waals surface area contributed by atoms with Crippen LogP contribution in [0.2, 0.25) is 0 Å². The molecule has 0 saturated carbocycles. The normalized spacial score (nSPS) is 31.5. The van der Waals surface area contributed by atoms with Crippen molar-refractivity contribution in [1.82, 2.24) is 4.90 Å². The molecule has 1 aromatic heterocycles. The van der Waals surface area contributed by atoms with E-state index in [2.05, 4.69) is 0 Å². The Morgan fingerprint density at radius 2 is 2.20 bits per heavy atom.